The number of hydrogen-bond acceptors (Lipinski definition) is 5. The van der Waals surface area contributed by atoms with E-state index in [1.165, 1.54) is 0 Å². The Balaban J connectivity index is 1.89. The number of aromatic nitrogens is 1. The SMILES string of the molecule is Cc1cc(S(=O)(=O)N2C3CCC2CN(C(C)C)C3)sn1. The van der Waals surface area contributed by atoms with Crippen molar-refractivity contribution in [2.24, 2.45) is 0 Å². The normalized spacial score (nSPS) is 28.4. The average molecular weight is 315 g/mol. The van der Waals surface area contributed by atoms with Gasteiger partial charge in [0, 0.05) is 31.2 Å². The zero-order valence-electron chi connectivity index (χ0n) is 12.1. The average Bonchev–Trinajstić information content (AvgIpc) is 2.92. The summed E-state index contributed by atoms with van der Waals surface area (Å²) in [5.41, 5.74) is 0.779. The molecule has 0 aromatic carbocycles. The molecule has 2 atom stereocenters. The first-order valence-corrected chi connectivity index (χ1v) is 9.32. The first kappa shape index (κ1) is 14.4. The van der Waals surface area contributed by atoms with E-state index in [1.807, 2.05) is 6.92 Å². The monoisotopic (exact) mass is 315 g/mol. The fourth-order valence-electron chi connectivity index (χ4n) is 3.28. The van der Waals surface area contributed by atoms with Gasteiger partial charge in [-0.25, -0.2) is 8.42 Å². The van der Waals surface area contributed by atoms with Crippen molar-refractivity contribution in [2.75, 3.05) is 13.1 Å². The largest absolute Gasteiger partial charge is 0.298 e. The maximum Gasteiger partial charge on any atom is 0.254 e. The quantitative estimate of drug-likeness (QED) is 0.852. The molecule has 1 aromatic rings. The van der Waals surface area contributed by atoms with Crippen LogP contribution in [0.5, 0.6) is 0 Å². The smallest absolute Gasteiger partial charge is 0.254 e. The summed E-state index contributed by atoms with van der Waals surface area (Å²) in [7, 11) is -3.36. The number of piperazine rings is 1. The van der Waals surface area contributed by atoms with E-state index < -0.39 is 10.0 Å². The Kier molecular flexibility index (Phi) is 3.64. The van der Waals surface area contributed by atoms with E-state index in [0.29, 0.717) is 10.3 Å². The highest BCUT2D eigenvalue weighted by molar-refractivity contribution is 7.91. The molecule has 2 fully saturated rings. The van der Waals surface area contributed by atoms with Gasteiger partial charge < -0.3 is 0 Å². The van der Waals surface area contributed by atoms with Crippen LogP contribution in [0, 0.1) is 6.92 Å². The molecule has 3 rings (SSSR count). The molecule has 0 radical (unpaired) electrons. The van der Waals surface area contributed by atoms with E-state index >= 15 is 0 Å². The topological polar surface area (TPSA) is 53.5 Å². The molecule has 0 N–H and O–H groups in total. The Morgan fingerprint density at radius 3 is 2.35 bits per heavy atom. The second-order valence-corrected chi connectivity index (χ2v) is 8.93. The first-order chi connectivity index (χ1) is 9.39. The van der Waals surface area contributed by atoms with Gasteiger partial charge in [-0.15, -0.1) is 0 Å². The number of fused-ring (bicyclic) bond motifs is 2. The van der Waals surface area contributed by atoms with E-state index in [9.17, 15) is 8.42 Å². The molecule has 2 saturated heterocycles. The Labute approximate surface area is 124 Å². The van der Waals surface area contributed by atoms with Crippen molar-refractivity contribution in [1.29, 1.82) is 0 Å². The zero-order chi connectivity index (χ0) is 14.5. The minimum atomic E-state index is -3.36. The van der Waals surface area contributed by atoms with Gasteiger partial charge in [-0.3, -0.25) is 4.90 Å². The molecule has 3 heterocycles. The second-order valence-electron chi connectivity index (χ2n) is 6.05. The lowest BCUT2D eigenvalue weighted by atomic mass is 10.2. The summed E-state index contributed by atoms with van der Waals surface area (Å²) in [6.45, 7) is 7.89. The van der Waals surface area contributed by atoms with Gasteiger partial charge in [-0.05, 0) is 51.2 Å². The molecule has 2 aliphatic rings. The molecule has 1 aromatic heterocycles. The van der Waals surface area contributed by atoms with Crippen molar-refractivity contribution in [1.82, 2.24) is 13.6 Å². The molecule has 2 unspecified atom stereocenters. The van der Waals surface area contributed by atoms with E-state index in [2.05, 4.69) is 23.1 Å². The highest BCUT2D eigenvalue weighted by Gasteiger charge is 2.47. The van der Waals surface area contributed by atoms with Gasteiger partial charge in [0.15, 0.2) is 4.21 Å². The Hall–Kier alpha value is -0.500. The molecule has 112 valence electrons. The van der Waals surface area contributed by atoms with Gasteiger partial charge in [0.05, 0.1) is 5.69 Å². The fraction of sp³-hybridized carbons (Fsp3) is 0.769. The Bertz CT molecular complexity index is 583. The van der Waals surface area contributed by atoms with Crippen LogP contribution in [0.4, 0.5) is 0 Å². The van der Waals surface area contributed by atoms with Gasteiger partial charge >= 0.3 is 0 Å². The number of sulfonamides is 1. The summed E-state index contributed by atoms with van der Waals surface area (Å²) in [6, 6.07) is 2.43. The molecule has 0 amide bonds. The van der Waals surface area contributed by atoms with E-state index in [0.717, 1.165) is 43.2 Å². The number of rotatable bonds is 3. The maximum absolute atomic E-state index is 12.8. The maximum atomic E-state index is 12.8. The lowest BCUT2D eigenvalue weighted by molar-refractivity contribution is 0.103. The first-order valence-electron chi connectivity index (χ1n) is 7.10. The van der Waals surface area contributed by atoms with E-state index in [-0.39, 0.29) is 12.1 Å². The fourth-order valence-corrected chi connectivity index (χ4v) is 6.19. The van der Waals surface area contributed by atoms with Crippen molar-refractivity contribution in [3.63, 3.8) is 0 Å². The predicted molar refractivity (Wildman–Crippen MR) is 79.4 cm³/mol. The summed E-state index contributed by atoms with van der Waals surface area (Å²) in [6.07, 6.45) is 1.95. The summed E-state index contributed by atoms with van der Waals surface area (Å²) in [5, 5.41) is 0. The molecular weight excluding hydrogens is 294 g/mol. The van der Waals surface area contributed by atoms with E-state index in [4.69, 9.17) is 0 Å². The van der Waals surface area contributed by atoms with Crippen molar-refractivity contribution in [3.05, 3.63) is 11.8 Å². The van der Waals surface area contributed by atoms with Crippen molar-refractivity contribution < 1.29 is 8.42 Å². The van der Waals surface area contributed by atoms with E-state index in [1.54, 1.807) is 10.4 Å². The number of aryl methyl sites for hydroxylation is 1. The molecule has 0 spiro atoms. The van der Waals surface area contributed by atoms with Gasteiger partial charge in [0.1, 0.15) is 0 Å². The highest BCUT2D eigenvalue weighted by atomic mass is 32.2. The zero-order valence-corrected chi connectivity index (χ0v) is 13.7. The third-order valence-corrected chi connectivity index (χ3v) is 7.62. The van der Waals surface area contributed by atoms with Crippen molar-refractivity contribution in [2.45, 2.75) is 55.9 Å². The molecule has 0 aliphatic carbocycles. The van der Waals surface area contributed by atoms with Crippen LogP contribution < -0.4 is 0 Å². The van der Waals surface area contributed by atoms with Gasteiger partial charge in [-0.1, -0.05) is 0 Å². The summed E-state index contributed by atoms with van der Waals surface area (Å²) in [4.78, 5) is 2.40. The molecule has 2 aliphatic heterocycles. The molecule has 5 nitrogen and oxygen atoms in total. The highest BCUT2D eigenvalue weighted by Crippen LogP contribution is 2.36. The number of hydrogen-bond donors (Lipinski definition) is 0. The van der Waals surface area contributed by atoms with Gasteiger partial charge in [0.25, 0.3) is 10.0 Å². The van der Waals surface area contributed by atoms with Crippen LogP contribution in [0.2, 0.25) is 0 Å². The predicted octanol–water partition coefficient (Wildman–Crippen LogP) is 1.70. The van der Waals surface area contributed by atoms with Crippen LogP contribution in [0.1, 0.15) is 32.4 Å². The molecule has 7 heteroatoms. The summed E-state index contributed by atoms with van der Waals surface area (Å²) in [5.74, 6) is 0. The standard InChI is InChI=1S/C13H21N3O2S2/c1-9(2)15-7-11-4-5-12(8-15)16(11)20(17,18)13-6-10(3)14-19-13/h6,9,11-12H,4-5,7-8H2,1-3H3. The Morgan fingerprint density at radius 2 is 1.90 bits per heavy atom. The van der Waals surface area contributed by atoms with Gasteiger partial charge in [0.2, 0.25) is 0 Å². The van der Waals surface area contributed by atoms with Crippen LogP contribution in [0.3, 0.4) is 0 Å². The lowest BCUT2D eigenvalue weighted by Gasteiger charge is -2.41. The van der Waals surface area contributed by atoms with Gasteiger partial charge in [-0.2, -0.15) is 8.68 Å². The van der Waals surface area contributed by atoms with Crippen LogP contribution in [0.15, 0.2) is 10.3 Å². The third-order valence-electron chi connectivity index (χ3n) is 4.31. The molecule has 20 heavy (non-hydrogen) atoms. The van der Waals surface area contributed by atoms with Crippen LogP contribution in [0.25, 0.3) is 0 Å². The van der Waals surface area contributed by atoms with Crippen LogP contribution in [-0.4, -0.2) is 53.2 Å². The Morgan fingerprint density at radius 1 is 1.30 bits per heavy atom. The van der Waals surface area contributed by atoms with Crippen molar-refractivity contribution in [3.8, 4) is 0 Å². The van der Waals surface area contributed by atoms with Crippen LogP contribution >= 0.6 is 11.5 Å². The minimum absolute atomic E-state index is 0.128. The molecule has 0 saturated carbocycles. The lowest BCUT2D eigenvalue weighted by Crippen LogP contribution is -2.56. The summed E-state index contributed by atoms with van der Waals surface area (Å²) >= 11 is 1.10. The van der Waals surface area contributed by atoms with Crippen LogP contribution in [-0.2, 0) is 10.0 Å². The number of likely N-dealkylation sites (tertiary alicyclic amines) is 1. The molecular formula is C13H21N3O2S2. The number of nitrogens with zero attached hydrogens (tertiary/aromatic N) is 3. The molecule has 2 bridgehead atoms. The van der Waals surface area contributed by atoms with Crippen molar-refractivity contribution >= 4 is 21.6 Å². The summed E-state index contributed by atoms with van der Waals surface area (Å²) < 4.78 is 31.9. The second kappa shape index (κ2) is 5.05. The minimum Gasteiger partial charge on any atom is -0.298 e. The third kappa shape index (κ3) is 2.30.